The van der Waals surface area contributed by atoms with Crippen molar-refractivity contribution in [3.8, 4) is 17.2 Å². The Balaban J connectivity index is 1.54. The van der Waals surface area contributed by atoms with Gasteiger partial charge in [0.05, 0.1) is 10.9 Å². The highest BCUT2D eigenvalue weighted by atomic mass is 19.4. The van der Waals surface area contributed by atoms with Crippen molar-refractivity contribution in [1.29, 1.82) is 0 Å². The van der Waals surface area contributed by atoms with Gasteiger partial charge in [-0.25, -0.2) is 4.98 Å². The van der Waals surface area contributed by atoms with Crippen molar-refractivity contribution in [3.05, 3.63) is 89.2 Å². The third-order valence-electron chi connectivity index (χ3n) is 4.58. The third kappa shape index (κ3) is 3.37. The quantitative estimate of drug-likeness (QED) is 0.434. The first-order valence-corrected chi connectivity index (χ1v) is 9.08. The van der Waals surface area contributed by atoms with Crippen LogP contribution in [0.2, 0.25) is 0 Å². The van der Waals surface area contributed by atoms with Crippen molar-refractivity contribution < 1.29 is 17.9 Å². The first-order valence-electron chi connectivity index (χ1n) is 9.08. The van der Waals surface area contributed by atoms with Crippen molar-refractivity contribution in [3.63, 3.8) is 0 Å². The van der Waals surface area contributed by atoms with E-state index in [2.05, 4.69) is 15.1 Å². The fraction of sp³-hybridized carbons (Fsp3) is 0.0476. The molecule has 5 aromatic rings. The van der Waals surface area contributed by atoms with Gasteiger partial charge in [-0.3, -0.25) is 9.36 Å². The lowest BCUT2D eigenvalue weighted by molar-refractivity contribution is -0.144. The van der Waals surface area contributed by atoms with Gasteiger partial charge in [0.1, 0.15) is 11.5 Å². The van der Waals surface area contributed by atoms with Crippen LogP contribution in [0.3, 0.4) is 0 Å². The lowest BCUT2D eigenvalue weighted by atomic mass is 10.2. The maximum Gasteiger partial charge on any atom is 0.453 e. The first kappa shape index (κ1) is 18.8. The van der Waals surface area contributed by atoms with Gasteiger partial charge >= 0.3 is 6.18 Å². The van der Waals surface area contributed by atoms with Crippen molar-refractivity contribution in [2.24, 2.45) is 0 Å². The second-order valence-electron chi connectivity index (χ2n) is 6.60. The molecular formula is C21H12F3N5O2. The minimum Gasteiger partial charge on any atom is -0.457 e. The number of hydrogen-bond donors (Lipinski definition) is 0. The van der Waals surface area contributed by atoms with Crippen molar-refractivity contribution in [2.75, 3.05) is 0 Å². The molecule has 0 bridgehead atoms. The molecule has 0 N–H and O–H groups in total. The van der Waals surface area contributed by atoms with Gasteiger partial charge in [-0.15, -0.1) is 5.10 Å². The number of halogens is 3. The number of aromatic nitrogens is 5. The maximum atomic E-state index is 13.0. The van der Waals surface area contributed by atoms with Gasteiger partial charge in [0.2, 0.25) is 0 Å². The summed E-state index contributed by atoms with van der Waals surface area (Å²) in [5, 5.41) is 3.57. The number of ether oxygens (including phenoxy) is 1. The monoisotopic (exact) mass is 423 g/mol. The zero-order valence-corrected chi connectivity index (χ0v) is 15.6. The summed E-state index contributed by atoms with van der Waals surface area (Å²) in [6, 6.07) is 17.6. The van der Waals surface area contributed by atoms with E-state index < -0.39 is 17.6 Å². The van der Waals surface area contributed by atoms with Crippen molar-refractivity contribution in [2.45, 2.75) is 6.18 Å². The number of para-hydroxylation sites is 1. The van der Waals surface area contributed by atoms with Gasteiger partial charge in [-0.05, 0) is 42.5 Å². The highest BCUT2D eigenvalue weighted by Gasteiger charge is 2.36. The Morgan fingerprint density at radius 3 is 2.32 bits per heavy atom. The average Bonchev–Trinajstić information content (AvgIpc) is 3.21. The summed E-state index contributed by atoms with van der Waals surface area (Å²) < 4.78 is 46.8. The molecule has 5 rings (SSSR count). The van der Waals surface area contributed by atoms with E-state index in [9.17, 15) is 18.0 Å². The van der Waals surface area contributed by atoms with Crippen LogP contribution in [-0.2, 0) is 6.18 Å². The fourth-order valence-corrected chi connectivity index (χ4v) is 3.14. The normalized spacial score (nSPS) is 11.8. The maximum absolute atomic E-state index is 13.0. The van der Waals surface area contributed by atoms with E-state index in [1.54, 1.807) is 24.3 Å². The number of fused-ring (bicyclic) bond motifs is 3. The molecule has 0 aliphatic heterocycles. The van der Waals surface area contributed by atoms with Crippen LogP contribution in [0.4, 0.5) is 13.2 Å². The summed E-state index contributed by atoms with van der Waals surface area (Å²) in [5.41, 5.74) is 0.285. The molecule has 0 radical (unpaired) electrons. The molecular weight excluding hydrogens is 411 g/mol. The Labute approximate surface area is 172 Å². The van der Waals surface area contributed by atoms with Crippen molar-refractivity contribution >= 4 is 16.7 Å². The molecule has 10 heteroatoms. The minimum absolute atomic E-state index is 0.109. The zero-order valence-electron chi connectivity index (χ0n) is 15.6. The van der Waals surface area contributed by atoms with Crippen molar-refractivity contribution in [1.82, 2.24) is 24.1 Å². The van der Waals surface area contributed by atoms with Crippen LogP contribution < -0.4 is 10.3 Å². The lowest BCUT2D eigenvalue weighted by Crippen LogP contribution is -2.18. The van der Waals surface area contributed by atoms with Crippen LogP contribution in [0, 0.1) is 0 Å². The average molecular weight is 423 g/mol. The van der Waals surface area contributed by atoms with Gasteiger partial charge in [-0.1, -0.05) is 18.2 Å². The fourth-order valence-electron chi connectivity index (χ4n) is 3.14. The number of benzene rings is 2. The number of pyridine rings is 1. The van der Waals surface area contributed by atoms with Crippen LogP contribution in [0.5, 0.6) is 11.5 Å². The third-order valence-corrected chi connectivity index (χ3v) is 4.58. The highest BCUT2D eigenvalue weighted by Crippen LogP contribution is 2.27. The van der Waals surface area contributed by atoms with Crippen LogP contribution in [-0.4, -0.2) is 24.1 Å². The van der Waals surface area contributed by atoms with Crippen LogP contribution >= 0.6 is 0 Å². The molecule has 154 valence electrons. The number of alkyl halides is 3. The van der Waals surface area contributed by atoms with E-state index in [0.717, 1.165) is 4.52 Å². The van der Waals surface area contributed by atoms with E-state index in [-0.39, 0.29) is 16.7 Å². The number of rotatable bonds is 3. The summed E-state index contributed by atoms with van der Waals surface area (Å²) in [4.78, 5) is 20.2. The molecule has 0 aliphatic carbocycles. The Hall–Kier alpha value is -4.21. The van der Waals surface area contributed by atoms with Gasteiger partial charge in [0, 0.05) is 18.1 Å². The molecule has 0 atom stereocenters. The molecule has 2 aromatic carbocycles. The first-order chi connectivity index (χ1) is 14.9. The lowest BCUT2D eigenvalue weighted by Gasteiger charge is -2.09. The van der Waals surface area contributed by atoms with Gasteiger partial charge in [0.25, 0.3) is 17.2 Å². The summed E-state index contributed by atoms with van der Waals surface area (Å²) in [5.74, 6) is -0.279. The second-order valence-corrected chi connectivity index (χ2v) is 6.60. The minimum atomic E-state index is -4.71. The highest BCUT2D eigenvalue weighted by molar-refractivity contribution is 5.79. The van der Waals surface area contributed by atoms with Gasteiger partial charge in [0.15, 0.2) is 0 Å². The zero-order chi connectivity index (χ0) is 21.6. The molecule has 3 aromatic heterocycles. The Kier molecular flexibility index (Phi) is 4.21. The largest absolute Gasteiger partial charge is 0.457 e. The number of nitrogens with zero attached hydrogens (tertiary/aromatic N) is 5. The van der Waals surface area contributed by atoms with Crippen LogP contribution in [0.15, 0.2) is 77.9 Å². The van der Waals surface area contributed by atoms with E-state index >= 15 is 0 Å². The number of hydrogen-bond acceptors (Lipinski definition) is 5. The Morgan fingerprint density at radius 2 is 1.61 bits per heavy atom. The van der Waals surface area contributed by atoms with Gasteiger partial charge < -0.3 is 4.74 Å². The molecule has 7 nitrogen and oxygen atoms in total. The standard InChI is InChI=1S/C21H12F3N5O2/c22-21(23,24)19-26-20-25-12-16-17(29(20)27-19)10-11-28(18(16)30)13-6-8-15(9-7-13)31-14-4-2-1-3-5-14/h1-12H. The summed E-state index contributed by atoms with van der Waals surface area (Å²) in [7, 11) is 0. The Morgan fingerprint density at radius 1 is 0.903 bits per heavy atom. The van der Waals surface area contributed by atoms with E-state index in [1.165, 1.54) is 23.0 Å². The molecule has 3 heterocycles. The summed E-state index contributed by atoms with van der Waals surface area (Å²) in [6.45, 7) is 0. The van der Waals surface area contributed by atoms with Crippen LogP contribution in [0.25, 0.3) is 22.4 Å². The second kappa shape index (κ2) is 6.94. The topological polar surface area (TPSA) is 74.3 Å². The molecule has 0 saturated heterocycles. The molecule has 31 heavy (non-hydrogen) atoms. The van der Waals surface area contributed by atoms with Gasteiger partial charge in [-0.2, -0.15) is 22.7 Å². The molecule has 0 fully saturated rings. The predicted molar refractivity (Wildman–Crippen MR) is 105 cm³/mol. The van der Waals surface area contributed by atoms with Crippen LogP contribution in [0.1, 0.15) is 5.82 Å². The SMILES string of the molecule is O=c1c2cnc3nc(C(F)(F)F)nn3c2ccn1-c1ccc(Oc2ccccc2)cc1. The summed E-state index contributed by atoms with van der Waals surface area (Å²) >= 11 is 0. The predicted octanol–water partition coefficient (Wildman–Crippen LogP) is 4.24. The summed E-state index contributed by atoms with van der Waals surface area (Å²) in [6.07, 6.45) is -2.05. The van der Waals surface area contributed by atoms with E-state index in [4.69, 9.17) is 4.74 Å². The molecule has 0 aliphatic rings. The Bertz CT molecular complexity index is 1460. The molecule has 0 amide bonds. The molecule has 0 unspecified atom stereocenters. The molecule has 0 saturated carbocycles. The smallest absolute Gasteiger partial charge is 0.453 e. The van der Waals surface area contributed by atoms with E-state index in [0.29, 0.717) is 17.2 Å². The molecule has 0 spiro atoms. The van der Waals surface area contributed by atoms with E-state index in [1.807, 2.05) is 30.3 Å².